The summed E-state index contributed by atoms with van der Waals surface area (Å²) in [7, 11) is -2.10. The lowest BCUT2D eigenvalue weighted by Gasteiger charge is -2.19. The number of sulfone groups is 1. The second-order valence-electron chi connectivity index (χ2n) is 6.20. The third kappa shape index (κ3) is 4.92. The third-order valence-electron chi connectivity index (χ3n) is 3.96. The van der Waals surface area contributed by atoms with E-state index in [-0.39, 0.29) is 22.8 Å². The normalized spacial score (nSPS) is 12.4. The molecule has 0 spiro atoms. The molecule has 2 rings (SSSR count). The Morgan fingerprint density at radius 2 is 1.73 bits per heavy atom. The van der Waals surface area contributed by atoms with Gasteiger partial charge in [-0.3, -0.25) is 9.59 Å². The Bertz CT molecular complexity index is 893. The Balaban J connectivity index is 2.21. The highest BCUT2D eigenvalue weighted by Crippen LogP contribution is 2.18. The zero-order valence-electron chi connectivity index (χ0n) is 14.6. The van der Waals surface area contributed by atoms with Gasteiger partial charge in [0.05, 0.1) is 16.6 Å². The largest absolute Gasteiger partial charge is 0.481 e. The lowest BCUT2D eigenvalue weighted by atomic mass is 10.1. The molecule has 2 aromatic rings. The van der Waals surface area contributed by atoms with Gasteiger partial charge >= 0.3 is 5.97 Å². The molecule has 0 aliphatic rings. The number of carbonyl (C=O) groups is 2. The van der Waals surface area contributed by atoms with E-state index in [1.165, 1.54) is 43.1 Å². The molecule has 7 heteroatoms. The molecule has 26 heavy (non-hydrogen) atoms. The molecule has 1 amide bonds. The number of rotatable bonds is 7. The van der Waals surface area contributed by atoms with Crippen molar-refractivity contribution in [3.8, 4) is 0 Å². The van der Waals surface area contributed by atoms with E-state index in [0.717, 1.165) is 0 Å². The van der Waals surface area contributed by atoms with Gasteiger partial charge in [0, 0.05) is 19.2 Å². The van der Waals surface area contributed by atoms with Crippen LogP contribution in [0.1, 0.15) is 22.8 Å². The number of hydrogen-bond donors (Lipinski definition) is 1. The predicted octanol–water partition coefficient (Wildman–Crippen LogP) is 2.45. The van der Waals surface area contributed by atoms with Crippen molar-refractivity contribution in [3.63, 3.8) is 0 Å². The molecule has 2 aromatic carbocycles. The molecule has 0 aromatic heterocycles. The number of carboxylic acids is 1. The highest BCUT2D eigenvalue weighted by Gasteiger charge is 2.21. The van der Waals surface area contributed by atoms with E-state index in [1.807, 2.05) is 6.07 Å². The van der Waals surface area contributed by atoms with Crippen LogP contribution < -0.4 is 0 Å². The van der Waals surface area contributed by atoms with Gasteiger partial charge in [-0.1, -0.05) is 43.3 Å². The van der Waals surface area contributed by atoms with Crippen LogP contribution in [0.5, 0.6) is 0 Å². The maximum absolute atomic E-state index is 12.6. The van der Waals surface area contributed by atoms with E-state index < -0.39 is 27.6 Å². The second-order valence-corrected chi connectivity index (χ2v) is 8.19. The van der Waals surface area contributed by atoms with Crippen LogP contribution in [-0.2, 0) is 20.4 Å². The Morgan fingerprint density at radius 1 is 1.08 bits per heavy atom. The predicted molar refractivity (Wildman–Crippen MR) is 97.5 cm³/mol. The highest BCUT2D eigenvalue weighted by molar-refractivity contribution is 7.90. The van der Waals surface area contributed by atoms with Gasteiger partial charge in [-0.15, -0.1) is 0 Å². The molecule has 1 N–H and O–H groups in total. The maximum atomic E-state index is 12.6. The minimum atomic E-state index is -3.60. The van der Waals surface area contributed by atoms with Gasteiger partial charge in [-0.25, -0.2) is 8.42 Å². The van der Waals surface area contributed by atoms with Crippen molar-refractivity contribution in [3.05, 3.63) is 65.7 Å². The molecule has 0 saturated carbocycles. The van der Waals surface area contributed by atoms with Gasteiger partial charge in [0.1, 0.15) is 0 Å². The number of amides is 1. The van der Waals surface area contributed by atoms with Crippen LogP contribution in [0.3, 0.4) is 0 Å². The van der Waals surface area contributed by atoms with Crippen LogP contribution in [0.15, 0.2) is 59.5 Å². The van der Waals surface area contributed by atoms with Gasteiger partial charge in [-0.2, -0.15) is 0 Å². The average Bonchev–Trinajstić information content (AvgIpc) is 2.61. The summed E-state index contributed by atoms with van der Waals surface area (Å²) in [5.74, 6) is -2.29. The van der Waals surface area contributed by atoms with Crippen LogP contribution in [0.2, 0.25) is 0 Å². The minimum absolute atomic E-state index is 0.0369. The maximum Gasteiger partial charge on any atom is 0.308 e. The van der Waals surface area contributed by atoms with E-state index >= 15 is 0 Å². The van der Waals surface area contributed by atoms with Crippen LogP contribution in [-0.4, -0.2) is 43.9 Å². The van der Waals surface area contributed by atoms with Crippen LogP contribution in [0.4, 0.5) is 0 Å². The zero-order valence-corrected chi connectivity index (χ0v) is 15.4. The van der Waals surface area contributed by atoms with Crippen molar-refractivity contribution in [2.45, 2.75) is 17.6 Å². The topological polar surface area (TPSA) is 91.8 Å². The second kappa shape index (κ2) is 8.14. The number of aliphatic carboxylic acids is 1. The molecule has 0 radical (unpaired) electrons. The van der Waals surface area contributed by atoms with Gasteiger partial charge in [0.15, 0.2) is 9.84 Å². The van der Waals surface area contributed by atoms with Crippen molar-refractivity contribution in [2.75, 3.05) is 13.6 Å². The molecular weight excluding hydrogens is 354 g/mol. The summed E-state index contributed by atoms with van der Waals surface area (Å²) in [6, 6.07) is 14.6. The third-order valence-corrected chi connectivity index (χ3v) is 5.64. The number of carbonyl (C=O) groups excluding carboxylic acids is 1. The van der Waals surface area contributed by atoms with Crippen molar-refractivity contribution in [2.24, 2.45) is 5.92 Å². The van der Waals surface area contributed by atoms with Gasteiger partial charge in [0.2, 0.25) is 0 Å². The molecule has 0 fully saturated rings. The van der Waals surface area contributed by atoms with Crippen molar-refractivity contribution in [1.29, 1.82) is 0 Å². The summed E-state index contributed by atoms with van der Waals surface area (Å²) in [5.41, 5.74) is 0.871. The fourth-order valence-corrected chi connectivity index (χ4v) is 3.88. The first-order valence-corrected chi connectivity index (χ1v) is 9.71. The Hall–Kier alpha value is -2.67. The minimum Gasteiger partial charge on any atom is -0.481 e. The monoisotopic (exact) mass is 375 g/mol. The molecule has 6 nitrogen and oxygen atoms in total. The average molecular weight is 375 g/mol. The van der Waals surface area contributed by atoms with Gasteiger partial charge in [0.25, 0.3) is 5.91 Å². The molecule has 0 saturated heterocycles. The lowest BCUT2D eigenvalue weighted by molar-refractivity contribution is -0.141. The quantitative estimate of drug-likeness (QED) is 0.803. The highest BCUT2D eigenvalue weighted by atomic mass is 32.2. The molecular formula is C19H21NO5S. The molecule has 138 valence electrons. The first-order chi connectivity index (χ1) is 12.2. The van der Waals surface area contributed by atoms with Crippen molar-refractivity contribution >= 4 is 21.7 Å². The standard InChI is InChI=1S/C19H21NO5S/c1-14(19(22)23)12-20(2)18(21)16-9-6-10-17(11-16)26(24,25)13-15-7-4-3-5-8-15/h3-11,14H,12-13H2,1-2H3,(H,22,23). The van der Waals surface area contributed by atoms with E-state index in [4.69, 9.17) is 5.11 Å². The molecule has 1 atom stereocenters. The zero-order chi connectivity index (χ0) is 19.3. The Morgan fingerprint density at radius 3 is 2.35 bits per heavy atom. The van der Waals surface area contributed by atoms with Gasteiger partial charge < -0.3 is 10.0 Å². The smallest absolute Gasteiger partial charge is 0.308 e. The van der Waals surface area contributed by atoms with Crippen LogP contribution in [0.25, 0.3) is 0 Å². The summed E-state index contributed by atoms with van der Waals surface area (Å²) in [4.78, 5) is 24.8. The van der Waals surface area contributed by atoms with Crippen molar-refractivity contribution < 1.29 is 23.1 Å². The van der Waals surface area contributed by atoms with Gasteiger partial charge in [-0.05, 0) is 23.8 Å². The first kappa shape index (κ1) is 19.7. The summed E-state index contributed by atoms with van der Waals surface area (Å²) in [6.07, 6.45) is 0. The summed E-state index contributed by atoms with van der Waals surface area (Å²) >= 11 is 0. The molecule has 0 aliphatic carbocycles. The van der Waals surface area contributed by atoms with Crippen LogP contribution in [0, 0.1) is 5.92 Å². The summed E-state index contributed by atoms with van der Waals surface area (Å²) < 4.78 is 25.2. The summed E-state index contributed by atoms with van der Waals surface area (Å²) in [5, 5.41) is 8.96. The molecule has 1 unspecified atom stereocenters. The first-order valence-electron chi connectivity index (χ1n) is 8.05. The van der Waals surface area contributed by atoms with Crippen molar-refractivity contribution in [1.82, 2.24) is 4.90 Å². The molecule has 0 bridgehead atoms. The van der Waals surface area contributed by atoms with E-state index in [9.17, 15) is 18.0 Å². The lowest BCUT2D eigenvalue weighted by Crippen LogP contribution is -2.33. The SMILES string of the molecule is CC(CN(C)C(=O)c1cccc(S(=O)(=O)Cc2ccccc2)c1)C(=O)O. The van der Waals surface area contributed by atoms with Crippen LogP contribution >= 0.6 is 0 Å². The molecule has 0 aliphatic heterocycles. The van der Waals surface area contributed by atoms with E-state index in [0.29, 0.717) is 5.56 Å². The summed E-state index contributed by atoms with van der Waals surface area (Å²) in [6.45, 7) is 1.54. The number of hydrogen-bond acceptors (Lipinski definition) is 4. The fraction of sp³-hybridized carbons (Fsp3) is 0.263. The van der Waals surface area contributed by atoms with E-state index in [1.54, 1.807) is 24.3 Å². The fourth-order valence-electron chi connectivity index (χ4n) is 2.49. The number of nitrogens with zero attached hydrogens (tertiary/aromatic N) is 1. The number of benzene rings is 2. The molecule has 0 heterocycles. The number of carboxylic acid groups (broad SMARTS) is 1. The Labute approximate surface area is 153 Å². The Kier molecular flexibility index (Phi) is 6.15. The van der Waals surface area contributed by atoms with E-state index in [2.05, 4.69) is 0 Å².